The van der Waals surface area contributed by atoms with Gasteiger partial charge in [-0.05, 0) is 95.5 Å². The van der Waals surface area contributed by atoms with E-state index in [2.05, 4.69) is 177 Å². The Hall–Kier alpha value is -5.52. The van der Waals surface area contributed by atoms with Crippen molar-refractivity contribution in [3.8, 4) is 50.7 Å². The first kappa shape index (κ1) is 32.9. The van der Waals surface area contributed by atoms with E-state index in [-0.39, 0.29) is 10.8 Å². The molecule has 3 atom stereocenters. The number of benzene rings is 6. The molecule has 5 heteroatoms. The fourth-order valence-corrected chi connectivity index (χ4v) is 11.9. The molecule has 268 valence electrons. The lowest BCUT2D eigenvalue weighted by Gasteiger charge is -2.36. The second-order valence-electron chi connectivity index (χ2n) is 16.7. The monoisotopic (exact) mass is 730 g/mol. The molecule has 4 heterocycles. The number of aromatic nitrogens is 4. The summed E-state index contributed by atoms with van der Waals surface area (Å²) in [5.41, 5.74) is 13.1. The minimum atomic E-state index is -0.222. The summed E-state index contributed by atoms with van der Waals surface area (Å²) in [5, 5.41) is 3.93. The van der Waals surface area contributed by atoms with Crippen LogP contribution in [0.15, 0.2) is 140 Å². The highest BCUT2D eigenvalue weighted by molar-refractivity contribution is 8.00. The molecule has 4 nitrogen and oxygen atoms in total. The Labute approximate surface area is 326 Å². The van der Waals surface area contributed by atoms with E-state index in [0.717, 1.165) is 41.4 Å². The molecule has 2 aromatic heterocycles. The van der Waals surface area contributed by atoms with Gasteiger partial charge in [-0.3, -0.25) is 0 Å². The maximum absolute atomic E-state index is 5.34. The summed E-state index contributed by atoms with van der Waals surface area (Å²) in [6, 6.07) is 50.8. The van der Waals surface area contributed by atoms with Crippen LogP contribution in [0.4, 0.5) is 0 Å². The van der Waals surface area contributed by atoms with E-state index in [0.29, 0.717) is 10.5 Å². The first-order chi connectivity index (χ1) is 26.8. The van der Waals surface area contributed by atoms with Crippen LogP contribution in [0.1, 0.15) is 63.4 Å². The van der Waals surface area contributed by atoms with Crippen molar-refractivity contribution in [1.29, 1.82) is 0 Å². The van der Waals surface area contributed by atoms with Gasteiger partial charge >= 0.3 is 0 Å². The number of para-hydroxylation sites is 1. The van der Waals surface area contributed by atoms with Crippen molar-refractivity contribution in [3.63, 3.8) is 0 Å². The third-order valence-electron chi connectivity index (χ3n) is 12.7. The topological polar surface area (TPSA) is 43.6 Å². The van der Waals surface area contributed by atoms with Gasteiger partial charge in [-0.1, -0.05) is 124 Å². The maximum Gasteiger partial charge on any atom is 0.163 e. The molecule has 0 radical (unpaired) electrons. The molecule has 2 bridgehead atoms. The molecular formula is C50H42N4S. The molecular weight excluding hydrogens is 689 g/mol. The molecule has 0 spiro atoms. The molecule has 55 heavy (non-hydrogen) atoms. The second-order valence-corrected chi connectivity index (χ2v) is 18.3. The summed E-state index contributed by atoms with van der Waals surface area (Å²) in [6.45, 7) is 7.13. The van der Waals surface area contributed by atoms with Crippen molar-refractivity contribution in [2.45, 2.75) is 67.8 Å². The van der Waals surface area contributed by atoms with Crippen LogP contribution < -0.4 is 0 Å². The SMILES string of the molecule is CC1(c2nc(-c3ccccc3)nc(-c3ccc4c(c3)C(C)(C)c3cc(-n5c6ccccc6c6cc(-c7ccccc7)ccc65)ccc3-4)n2)CC2CC[C@H](C1)S2. The zero-order valence-electron chi connectivity index (χ0n) is 31.5. The number of hydrogen-bond acceptors (Lipinski definition) is 4. The molecule has 2 saturated heterocycles. The van der Waals surface area contributed by atoms with E-state index in [1.54, 1.807) is 0 Å². The van der Waals surface area contributed by atoms with Gasteiger partial charge in [0, 0.05) is 48.9 Å². The Morgan fingerprint density at radius 1 is 0.527 bits per heavy atom. The third-order valence-corrected chi connectivity index (χ3v) is 14.3. The zero-order chi connectivity index (χ0) is 36.9. The summed E-state index contributed by atoms with van der Waals surface area (Å²) in [7, 11) is 0. The molecule has 8 aromatic rings. The first-order valence-electron chi connectivity index (χ1n) is 19.7. The van der Waals surface area contributed by atoms with Gasteiger partial charge < -0.3 is 4.57 Å². The molecule has 0 N–H and O–H groups in total. The van der Waals surface area contributed by atoms with Crippen LogP contribution in [-0.2, 0) is 10.8 Å². The van der Waals surface area contributed by atoms with Crippen molar-refractivity contribution in [2.24, 2.45) is 0 Å². The van der Waals surface area contributed by atoms with Crippen molar-refractivity contribution >= 4 is 33.6 Å². The number of thioether (sulfide) groups is 1. The molecule has 6 aromatic carbocycles. The first-order valence-corrected chi connectivity index (χ1v) is 20.6. The molecule has 2 fully saturated rings. The van der Waals surface area contributed by atoms with Crippen LogP contribution in [-0.4, -0.2) is 30.0 Å². The van der Waals surface area contributed by atoms with Crippen LogP contribution in [0, 0.1) is 0 Å². The largest absolute Gasteiger partial charge is 0.309 e. The van der Waals surface area contributed by atoms with Gasteiger partial charge in [0.05, 0.1) is 11.0 Å². The maximum atomic E-state index is 5.34. The Kier molecular flexibility index (Phi) is 7.32. The van der Waals surface area contributed by atoms with Gasteiger partial charge in [0.1, 0.15) is 5.82 Å². The number of hydrogen-bond donors (Lipinski definition) is 0. The molecule has 2 aliphatic heterocycles. The minimum absolute atomic E-state index is 0.0587. The summed E-state index contributed by atoms with van der Waals surface area (Å²) >= 11 is 2.19. The molecule has 2 unspecified atom stereocenters. The van der Waals surface area contributed by atoms with Crippen molar-refractivity contribution < 1.29 is 0 Å². The van der Waals surface area contributed by atoms with E-state index in [4.69, 9.17) is 15.0 Å². The number of nitrogens with zero attached hydrogens (tertiary/aromatic N) is 4. The van der Waals surface area contributed by atoms with Crippen LogP contribution in [0.2, 0.25) is 0 Å². The van der Waals surface area contributed by atoms with Gasteiger partial charge in [0.15, 0.2) is 11.6 Å². The van der Waals surface area contributed by atoms with Crippen LogP contribution in [0.25, 0.3) is 72.5 Å². The van der Waals surface area contributed by atoms with Crippen molar-refractivity contribution in [2.75, 3.05) is 0 Å². The highest BCUT2D eigenvalue weighted by Gasteiger charge is 2.45. The van der Waals surface area contributed by atoms with Crippen molar-refractivity contribution in [3.05, 3.63) is 156 Å². The lowest BCUT2D eigenvalue weighted by Crippen LogP contribution is -2.34. The fraction of sp³-hybridized carbons (Fsp3) is 0.220. The predicted molar refractivity (Wildman–Crippen MR) is 229 cm³/mol. The number of fused-ring (bicyclic) bond motifs is 8. The fourth-order valence-electron chi connectivity index (χ4n) is 9.91. The minimum Gasteiger partial charge on any atom is -0.309 e. The average molecular weight is 731 g/mol. The smallest absolute Gasteiger partial charge is 0.163 e. The lowest BCUT2D eigenvalue weighted by atomic mass is 9.80. The quantitative estimate of drug-likeness (QED) is 0.177. The highest BCUT2D eigenvalue weighted by atomic mass is 32.2. The molecule has 3 aliphatic rings. The summed E-state index contributed by atoms with van der Waals surface area (Å²) in [5.74, 6) is 2.48. The van der Waals surface area contributed by atoms with E-state index < -0.39 is 0 Å². The Morgan fingerprint density at radius 2 is 1.13 bits per heavy atom. The van der Waals surface area contributed by atoms with Gasteiger partial charge in [-0.25, -0.2) is 15.0 Å². The normalized spacial score (nSPS) is 20.9. The summed E-state index contributed by atoms with van der Waals surface area (Å²) < 4.78 is 2.44. The van der Waals surface area contributed by atoms with Gasteiger partial charge in [0.25, 0.3) is 0 Å². The van der Waals surface area contributed by atoms with Gasteiger partial charge in [0.2, 0.25) is 0 Å². The lowest BCUT2D eigenvalue weighted by molar-refractivity contribution is 0.380. The molecule has 1 aliphatic carbocycles. The van der Waals surface area contributed by atoms with Crippen LogP contribution >= 0.6 is 11.8 Å². The van der Waals surface area contributed by atoms with E-state index in [9.17, 15) is 0 Å². The Balaban J connectivity index is 1.01. The average Bonchev–Trinajstić information content (AvgIpc) is 3.83. The standard InChI is InChI=1S/C50H42N4S/c1-49(2)42-27-34(47-51-46(32-14-8-5-9-15-32)52-48(53-47)50(3)29-36-21-22-37(30-50)55-36)18-23-38(42)39-24-20-35(28-43(39)49)54-44-17-11-10-16-40(44)41-26-33(19-25-45(41)54)31-12-6-4-7-13-31/h4-20,23-28,36-37H,21-22,29-30H2,1-3H3/t36-,37?,50?/m1/s1. The summed E-state index contributed by atoms with van der Waals surface area (Å²) in [6.07, 6.45) is 4.87. The highest BCUT2D eigenvalue weighted by Crippen LogP contribution is 2.53. The predicted octanol–water partition coefficient (Wildman–Crippen LogP) is 12.6. The Morgan fingerprint density at radius 3 is 1.87 bits per heavy atom. The summed E-state index contributed by atoms with van der Waals surface area (Å²) in [4.78, 5) is 15.7. The van der Waals surface area contributed by atoms with E-state index >= 15 is 0 Å². The van der Waals surface area contributed by atoms with Crippen LogP contribution in [0.3, 0.4) is 0 Å². The van der Waals surface area contributed by atoms with E-state index in [1.807, 2.05) is 0 Å². The van der Waals surface area contributed by atoms with Crippen LogP contribution in [0.5, 0.6) is 0 Å². The molecule has 0 amide bonds. The van der Waals surface area contributed by atoms with Gasteiger partial charge in [-0.2, -0.15) is 11.8 Å². The number of rotatable bonds is 5. The molecule has 0 saturated carbocycles. The van der Waals surface area contributed by atoms with Crippen molar-refractivity contribution in [1.82, 2.24) is 19.5 Å². The van der Waals surface area contributed by atoms with E-state index in [1.165, 1.54) is 73.7 Å². The van der Waals surface area contributed by atoms with Gasteiger partial charge in [-0.15, -0.1) is 0 Å². The zero-order valence-corrected chi connectivity index (χ0v) is 32.3. The Bertz CT molecular complexity index is 2790. The second kappa shape index (κ2) is 12.2. The molecule has 11 rings (SSSR count). The third kappa shape index (κ3) is 5.23.